The van der Waals surface area contributed by atoms with Crippen LogP contribution in [0.25, 0.3) is 22.1 Å². The van der Waals surface area contributed by atoms with Crippen molar-refractivity contribution < 1.29 is 9.53 Å². The highest BCUT2D eigenvalue weighted by atomic mass is 16.5. The van der Waals surface area contributed by atoms with Crippen molar-refractivity contribution in [3.8, 4) is 11.5 Å². The second-order valence-electron chi connectivity index (χ2n) is 10.0. The van der Waals surface area contributed by atoms with Crippen molar-refractivity contribution in [1.82, 2.24) is 29.4 Å². The fraction of sp³-hybridized carbons (Fsp3) is 0.233. The molecule has 1 atom stereocenters. The van der Waals surface area contributed by atoms with Crippen molar-refractivity contribution in [1.29, 1.82) is 0 Å². The van der Waals surface area contributed by atoms with E-state index in [-0.39, 0.29) is 11.9 Å². The Kier molecular flexibility index (Phi) is 6.51. The zero-order valence-corrected chi connectivity index (χ0v) is 22.7. The molecule has 1 aliphatic heterocycles. The monoisotopic (exact) mass is 534 g/mol. The molecule has 1 fully saturated rings. The zero-order chi connectivity index (χ0) is 27.8. The maximum Gasteiger partial charge on any atom is 0.246 e. The third kappa shape index (κ3) is 4.79. The first-order valence-corrected chi connectivity index (χ1v) is 13.2. The molecule has 0 aliphatic carbocycles. The Balaban J connectivity index is 1.21. The first kappa shape index (κ1) is 25.3. The lowest BCUT2D eigenvalue weighted by Crippen LogP contribution is -2.53. The van der Waals surface area contributed by atoms with E-state index in [1.165, 1.54) is 12.4 Å². The van der Waals surface area contributed by atoms with Gasteiger partial charge in [0.1, 0.15) is 29.2 Å². The Labute approximate surface area is 232 Å². The predicted octanol–water partition coefficient (Wildman–Crippen LogP) is 4.98. The van der Waals surface area contributed by atoms with Crippen LogP contribution < -0.4 is 15.0 Å². The molecular formula is C30H30N8O2. The number of carbonyl (C=O) groups excluding carboxylic acids is 1. The number of pyridine rings is 1. The average Bonchev–Trinajstić information content (AvgIpc) is 3.33. The SMILES string of the molecule is C=CC(=O)N1CCN(c2ccc3ncnc(Nc4ccc(Oc5ccc6c(c5)ncn6C)c(C)c4)c3n2)C[C@@H]1C. The minimum absolute atomic E-state index is 0.0421. The van der Waals surface area contributed by atoms with Gasteiger partial charge in [-0.1, -0.05) is 6.58 Å². The summed E-state index contributed by atoms with van der Waals surface area (Å²) in [7, 11) is 1.97. The number of fused-ring (bicyclic) bond motifs is 2. The number of anilines is 3. The van der Waals surface area contributed by atoms with Gasteiger partial charge in [-0.25, -0.2) is 19.9 Å². The predicted molar refractivity (Wildman–Crippen MR) is 156 cm³/mol. The van der Waals surface area contributed by atoms with E-state index < -0.39 is 0 Å². The summed E-state index contributed by atoms with van der Waals surface area (Å²) in [5, 5.41) is 3.41. The van der Waals surface area contributed by atoms with Gasteiger partial charge in [0.05, 0.1) is 22.9 Å². The van der Waals surface area contributed by atoms with Crippen LogP contribution in [0.15, 0.2) is 73.8 Å². The topological polar surface area (TPSA) is 101 Å². The molecule has 1 N–H and O–H groups in total. The first-order chi connectivity index (χ1) is 19.4. The largest absolute Gasteiger partial charge is 0.457 e. The summed E-state index contributed by atoms with van der Waals surface area (Å²) in [5.74, 6) is 2.90. The number of carbonyl (C=O) groups is 1. The van der Waals surface area contributed by atoms with Gasteiger partial charge in [0, 0.05) is 44.5 Å². The molecule has 4 heterocycles. The third-order valence-corrected chi connectivity index (χ3v) is 7.24. The number of aryl methyl sites for hydroxylation is 2. The minimum Gasteiger partial charge on any atom is -0.457 e. The highest BCUT2D eigenvalue weighted by molar-refractivity contribution is 5.89. The second kappa shape index (κ2) is 10.3. The van der Waals surface area contributed by atoms with Crippen LogP contribution in [0.5, 0.6) is 11.5 Å². The van der Waals surface area contributed by atoms with Gasteiger partial charge in [-0.2, -0.15) is 0 Å². The second-order valence-corrected chi connectivity index (χ2v) is 10.0. The van der Waals surface area contributed by atoms with Crippen molar-refractivity contribution >= 4 is 45.3 Å². The maximum absolute atomic E-state index is 12.1. The molecule has 3 aromatic heterocycles. The van der Waals surface area contributed by atoms with E-state index in [1.54, 1.807) is 6.33 Å². The quantitative estimate of drug-likeness (QED) is 0.305. The van der Waals surface area contributed by atoms with Crippen LogP contribution in [-0.4, -0.2) is 61.0 Å². The molecule has 1 amide bonds. The fourth-order valence-corrected chi connectivity index (χ4v) is 5.09. The maximum atomic E-state index is 12.1. The molecule has 5 aromatic rings. The number of imidazole rings is 1. The number of aromatic nitrogens is 5. The number of nitrogens with one attached hydrogen (secondary N) is 1. The molecule has 10 nitrogen and oxygen atoms in total. The Morgan fingerprint density at radius 2 is 1.95 bits per heavy atom. The van der Waals surface area contributed by atoms with Crippen LogP contribution in [0, 0.1) is 6.92 Å². The molecule has 0 spiro atoms. The van der Waals surface area contributed by atoms with E-state index in [0.29, 0.717) is 31.0 Å². The molecule has 1 aliphatic rings. The Morgan fingerprint density at radius 3 is 2.75 bits per heavy atom. The number of hydrogen-bond acceptors (Lipinski definition) is 8. The van der Waals surface area contributed by atoms with E-state index in [4.69, 9.17) is 9.72 Å². The zero-order valence-electron chi connectivity index (χ0n) is 22.7. The normalized spacial score (nSPS) is 15.4. The van der Waals surface area contributed by atoms with Gasteiger partial charge < -0.3 is 24.4 Å². The molecule has 202 valence electrons. The molecule has 0 unspecified atom stereocenters. The third-order valence-electron chi connectivity index (χ3n) is 7.24. The molecule has 0 radical (unpaired) electrons. The first-order valence-electron chi connectivity index (χ1n) is 13.2. The molecular weight excluding hydrogens is 504 g/mol. The Morgan fingerprint density at radius 1 is 1.07 bits per heavy atom. The molecule has 40 heavy (non-hydrogen) atoms. The Bertz CT molecular complexity index is 1750. The molecule has 2 aromatic carbocycles. The summed E-state index contributed by atoms with van der Waals surface area (Å²) in [6.45, 7) is 9.65. The van der Waals surface area contributed by atoms with E-state index in [0.717, 1.165) is 45.1 Å². The summed E-state index contributed by atoms with van der Waals surface area (Å²) in [6, 6.07) is 15.8. The van der Waals surface area contributed by atoms with Gasteiger partial charge in [-0.15, -0.1) is 0 Å². The van der Waals surface area contributed by atoms with Gasteiger partial charge >= 0.3 is 0 Å². The van der Waals surface area contributed by atoms with Crippen molar-refractivity contribution in [2.45, 2.75) is 19.9 Å². The minimum atomic E-state index is -0.0421. The number of nitrogens with zero attached hydrogens (tertiary/aromatic N) is 7. The average molecular weight is 535 g/mol. The van der Waals surface area contributed by atoms with Crippen molar-refractivity contribution in [3.05, 3.63) is 79.4 Å². The summed E-state index contributed by atoms with van der Waals surface area (Å²) >= 11 is 0. The van der Waals surface area contributed by atoms with Gasteiger partial charge in [-0.05, 0) is 68.0 Å². The van der Waals surface area contributed by atoms with Crippen molar-refractivity contribution in [2.75, 3.05) is 29.9 Å². The molecule has 1 saturated heterocycles. The van der Waals surface area contributed by atoms with Crippen LogP contribution in [0.3, 0.4) is 0 Å². The summed E-state index contributed by atoms with van der Waals surface area (Å²) in [6.07, 6.45) is 4.70. The molecule has 6 rings (SSSR count). The van der Waals surface area contributed by atoms with Gasteiger partial charge in [0.2, 0.25) is 5.91 Å². The summed E-state index contributed by atoms with van der Waals surface area (Å²) < 4.78 is 8.15. The summed E-state index contributed by atoms with van der Waals surface area (Å²) in [4.78, 5) is 34.4. The van der Waals surface area contributed by atoms with Crippen LogP contribution in [0.2, 0.25) is 0 Å². The van der Waals surface area contributed by atoms with E-state index >= 15 is 0 Å². The number of benzene rings is 2. The number of piperazine rings is 1. The fourth-order valence-electron chi connectivity index (χ4n) is 5.09. The lowest BCUT2D eigenvalue weighted by atomic mass is 10.2. The van der Waals surface area contributed by atoms with Crippen LogP contribution >= 0.6 is 0 Å². The van der Waals surface area contributed by atoms with Gasteiger partial charge in [0.15, 0.2) is 5.82 Å². The van der Waals surface area contributed by atoms with E-state index in [9.17, 15) is 4.79 Å². The van der Waals surface area contributed by atoms with Crippen molar-refractivity contribution in [3.63, 3.8) is 0 Å². The van der Waals surface area contributed by atoms with E-state index in [1.807, 2.05) is 78.9 Å². The molecule has 0 saturated carbocycles. The highest BCUT2D eigenvalue weighted by Crippen LogP contribution is 2.31. The Hall–Kier alpha value is -4.99. The number of ether oxygens (including phenoxy) is 1. The molecule has 0 bridgehead atoms. The lowest BCUT2D eigenvalue weighted by molar-refractivity contribution is -0.128. The number of rotatable bonds is 6. The van der Waals surface area contributed by atoms with Crippen LogP contribution in [0.4, 0.5) is 17.3 Å². The summed E-state index contributed by atoms with van der Waals surface area (Å²) in [5.41, 5.74) is 5.20. The molecule has 10 heteroatoms. The number of amides is 1. The van der Waals surface area contributed by atoms with Gasteiger partial charge in [0.25, 0.3) is 0 Å². The van der Waals surface area contributed by atoms with Crippen molar-refractivity contribution in [2.24, 2.45) is 7.05 Å². The van der Waals surface area contributed by atoms with Gasteiger partial charge in [-0.3, -0.25) is 4.79 Å². The van der Waals surface area contributed by atoms with Crippen LogP contribution in [0.1, 0.15) is 12.5 Å². The highest BCUT2D eigenvalue weighted by Gasteiger charge is 2.27. The van der Waals surface area contributed by atoms with Crippen LogP contribution in [-0.2, 0) is 11.8 Å². The number of hydrogen-bond donors (Lipinski definition) is 1. The standard InChI is InChI=1S/C30H30N8O2/c1-5-28(39)38-13-12-37(16-20(38)3)27-11-8-23-29(35-27)30(32-17-31-23)34-21-6-10-26(19(2)14-21)40-22-7-9-25-24(15-22)33-18-36(25)4/h5-11,14-15,17-18,20H,1,12-13,16H2,2-4H3,(H,31,32,34)/t20-/m0/s1. The lowest BCUT2D eigenvalue weighted by Gasteiger charge is -2.40. The van der Waals surface area contributed by atoms with E-state index in [2.05, 4.69) is 31.7 Å². The smallest absolute Gasteiger partial charge is 0.246 e.